The Labute approximate surface area is 137 Å². The van der Waals surface area contributed by atoms with Gasteiger partial charge in [-0.2, -0.15) is 21.8 Å². The topological polar surface area (TPSA) is 0 Å². The highest BCUT2D eigenvalue weighted by molar-refractivity contribution is 8.39. The van der Waals surface area contributed by atoms with Crippen LogP contribution in [-0.4, -0.2) is 4.08 Å². The third kappa shape index (κ3) is 4.82. The molecule has 0 amide bonds. The summed E-state index contributed by atoms with van der Waals surface area (Å²) in [6, 6.07) is 0. The number of hydrogen-bond acceptors (Lipinski definition) is 0. The lowest BCUT2D eigenvalue weighted by atomic mass is 10.1. The molecule has 0 aromatic rings. The molecule has 0 aromatic carbocycles. The molecule has 0 bridgehead atoms. The molecule has 0 atom stereocenters. The lowest BCUT2D eigenvalue weighted by Gasteiger charge is -2.42. The van der Waals surface area contributed by atoms with Crippen molar-refractivity contribution in [3.63, 3.8) is 0 Å². The van der Waals surface area contributed by atoms with Crippen molar-refractivity contribution in [3.8, 4) is 0 Å². The van der Waals surface area contributed by atoms with E-state index in [0.717, 1.165) is 0 Å². The van der Waals surface area contributed by atoms with Crippen molar-refractivity contribution >= 4 is 21.8 Å². The average Bonchev–Trinajstić information content (AvgIpc) is 3.19. The van der Waals surface area contributed by atoms with Crippen molar-refractivity contribution in [2.75, 3.05) is 0 Å². The van der Waals surface area contributed by atoms with E-state index in [9.17, 15) is 0 Å². The largest absolute Gasteiger partial charge is 0.200 e. The highest BCUT2D eigenvalue weighted by atomic mass is 32.3. The van der Waals surface area contributed by atoms with E-state index in [1.165, 1.54) is 44.9 Å². The number of thiol groups is 2. The Morgan fingerprint density at radius 2 is 1.33 bits per heavy atom. The molecule has 0 N–H and O–H groups in total. The van der Waals surface area contributed by atoms with Gasteiger partial charge in [0, 0.05) is 4.08 Å². The summed E-state index contributed by atoms with van der Waals surface area (Å²) in [6.07, 6.45) is 21.1. The van der Waals surface area contributed by atoms with Crippen LogP contribution in [-0.2, 0) is 0 Å². The molecule has 2 aliphatic rings. The van der Waals surface area contributed by atoms with Gasteiger partial charge in [-0.05, 0) is 41.4 Å². The molecule has 0 saturated carbocycles. The molecule has 0 nitrogen and oxygen atoms in total. The second kappa shape index (κ2) is 8.95. The molecule has 0 aliphatic carbocycles. The summed E-state index contributed by atoms with van der Waals surface area (Å²) < 4.78 is 0.432. The fourth-order valence-electron chi connectivity index (χ4n) is 2.92. The van der Waals surface area contributed by atoms with Gasteiger partial charge >= 0.3 is 0 Å². The molecule has 0 unspecified atom stereocenters. The lowest BCUT2D eigenvalue weighted by molar-refractivity contribution is 0.619. The van der Waals surface area contributed by atoms with Crippen LogP contribution in [0.25, 0.3) is 0 Å². The van der Waals surface area contributed by atoms with E-state index in [2.05, 4.69) is 66.2 Å². The molecule has 1 radical (unpaired) electrons. The molecular formula is C19H31S2. The number of allylic oxidation sites excluding steroid dienone is 4. The van der Waals surface area contributed by atoms with Gasteiger partial charge in [-0.3, -0.25) is 0 Å². The van der Waals surface area contributed by atoms with Crippen molar-refractivity contribution in [1.82, 2.24) is 0 Å². The minimum atomic E-state index is -0.0979. The molecular weight excluding hydrogens is 292 g/mol. The molecule has 0 saturated heterocycles. The third-order valence-corrected chi connectivity index (χ3v) is 10.3. The van der Waals surface area contributed by atoms with Crippen LogP contribution >= 0.6 is 21.8 Å². The van der Waals surface area contributed by atoms with Gasteiger partial charge in [0.15, 0.2) is 0 Å². The quantitative estimate of drug-likeness (QED) is 0.323. The zero-order valence-corrected chi connectivity index (χ0v) is 15.3. The van der Waals surface area contributed by atoms with E-state index in [1.54, 1.807) is 0 Å². The van der Waals surface area contributed by atoms with Gasteiger partial charge in [-0.1, -0.05) is 69.8 Å². The minimum absolute atomic E-state index is 0.0979. The van der Waals surface area contributed by atoms with Crippen molar-refractivity contribution in [1.29, 1.82) is 0 Å². The Bertz CT molecular complexity index is 365. The Kier molecular flexibility index (Phi) is 7.25. The zero-order chi connectivity index (χ0) is 15.0. The summed E-state index contributed by atoms with van der Waals surface area (Å²) in [6.45, 7) is 4.80. The number of hydrogen-bond donors (Lipinski definition) is 2. The Balaban J connectivity index is 1.80. The summed E-state index contributed by atoms with van der Waals surface area (Å²) in [5.74, 6) is 0. The summed E-state index contributed by atoms with van der Waals surface area (Å²) in [4.78, 5) is 0. The second-order valence-corrected chi connectivity index (χ2v) is 11.2. The van der Waals surface area contributed by atoms with Crippen LogP contribution in [0.15, 0.2) is 45.9 Å². The molecule has 0 aromatic heterocycles. The van der Waals surface area contributed by atoms with E-state index in [1.807, 2.05) is 0 Å². The van der Waals surface area contributed by atoms with Crippen LogP contribution in [0.3, 0.4) is 0 Å². The summed E-state index contributed by atoms with van der Waals surface area (Å²) >= 11 is 0. The number of unbranched alkanes of at least 4 members (excludes halogenated alkanes) is 6. The van der Waals surface area contributed by atoms with Gasteiger partial charge in [0.1, 0.15) is 0 Å². The van der Waals surface area contributed by atoms with Gasteiger partial charge in [0.2, 0.25) is 0 Å². The summed E-state index contributed by atoms with van der Waals surface area (Å²) in [7, 11) is -0.196. The predicted octanol–water partition coefficient (Wildman–Crippen LogP) is 6.74. The van der Waals surface area contributed by atoms with E-state index >= 15 is 0 Å². The Morgan fingerprint density at radius 1 is 0.810 bits per heavy atom. The van der Waals surface area contributed by atoms with Crippen LogP contribution in [0.1, 0.15) is 58.8 Å². The van der Waals surface area contributed by atoms with Crippen LogP contribution in [0.4, 0.5) is 0 Å². The van der Waals surface area contributed by atoms with E-state index in [4.69, 9.17) is 0 Å². The predicted molar refractivity (Wildman–Crippen MR) is 105 cm³/mol. The van der Waals surface area contributed by atoms with Gasteiger partial charge in [-0.15, -0.1) is 0 Å². The summed E-state index contributed by atoms with van der Waals surface area (Å²) in [5.41, 5.74) is 0. The molecule has 2 rings (SSSR count). The normalized spacial score (nSPS) is 20.1. The lowest BCUT2D eigenvalue weighted by Crippen LogP contribution is -2.21. The SMILES string of the molecule is CCCCCCC[CH]CC(C)([SH]1C=CC=C1)[SH]1C=CC=C1. The first-order chi connectivity index (χ1) is 10.3. The summed E-state index contributed by atoms with van der Waals surface area (Å²) in [5, 5.41) is 9.80. The smallest absolute Gasteiger partial charge is 0.0360 e. The van der Waals surface area contributed by atoms with Crippen molar-refractivity contribution < 1.29 is 0 Å². The molecule has 21 heavy (non-hydrogen) atoms. The third-order valence-electron chi connectivity index (χ3n) is 4.36. The average molecular weight is 324 g/mol. The van der Waals surface area contributed by atoms with Gasteiger partial charge in [0.25, 0.3) is 0 Å². The monoisotopic (exact) mass is 323 g/mol. The maximum atomic E-state index is 2.58. The first kappa shape index (κ1) is 17.0. The van der Waals surface area contributed by atoms with Gasteiger partial charge < -0.3 is 0 Å². The highest BCUT2D eigenvalue weighted by Gasteiger charge is 2.33. The minimum Gasteiger partial charge on any atom is -0.200 e. The maximum Gasteiger partial charge on any atom is 0.0360 e. The fraction of sp³-hybridized carbons (Fsp3) is 0.526. The molecule has 119 valence electrons. The van der Waals surface area contributed by atoms with Crippen LogP contribution < -0.4 is 0 Å². The molecule has 0 spiro atoms. The van der Waals surface area contributed by atoms with Crippen LogP contribution in [0, 0.1) is 6.42 Å². The fourth-order valence-corrected chi connectivity index (χ4v) is 8.09. The zero-order valence-electron chi connectivity index (χ0n) is 13.5. The molecule has 2 heteroatoms. The standard InChI is InChI=1S/C19H31S2/c1-3-4-5-6-7-8-9-14-19(2,20-15-10-11-16-20)21-17-12-13-18-21/h9-13,15-18,20-21H,3-8,14H2,1-2H3. The Morgan fingerprint density at radius 3 is 1.86 bits per heavy atom. The Hall–Kier alpha value is -0.340. The van der Waals surface area contributed by atoms with E-state index in [-0.39, 0.29) is 21.8 Å². The molecule has 0 fully saturated rings. The molecule has 2 heterocycles. The van der Waals surface area contributed by atoms with Crippen LogP contribution in [0.5, 0.6) is 0 Å². The first-order valence-corrected chi connectivity index (χ1v) is 11.3. The second-order valence-electron chi connectivity index (χ2n) is 6.09. The number of rotatable bonds is 10. The maximum absolute atomic E-state index is 2.58. The highest BCUT2D eigenvalue weighted by Crippen LogP contribution is 2.63. The van der Waals surface area contributed by atoms with Gasteiger partial charge in [-0.25, -0.2) is 0 Å². The van der Waals surface area contributed by atoms with Crippen molar-refractivity contribution in [2.45, 2.75) is 62.9 Å². The van der Waals surface area contributed by atoms with E-state index < -0.39 is 0 Å². The van der Waals surface area contributed by atoms with Crippen molar-refractivity contribution in [3.05, 3.63) is 52.4 Å². The van der Waals surface area contributed by atoms with Crippen molar-refractivity contribution in [2.24, 2.45) is 0 Å². The van der Waals surface area contributed by atoms with E-state index in [0.29, 0.717) is 4.08 Å². The van der Waals surface area contributed by atoms with Gasteiger partial charge in [0.05, 0.1) is 0 Å². The molecule has 2 aliphatic heterocycles. The van der Waals surface area contributed by atoms with Crippen LogP contribution in [0.2, 0.25) is 0 Å². The first-order valence-electron chi connectivity index (χ1n) is 8.36.